The Morgan fingerprint density at radius 3 is 2.38 bits per heavy atom. The third kappa shape index (κ3) is 4.09. The molecule has 0 bridgehead atoms. The minimum absolute atomic E-state index is 0.0223. The molecule has 1 unspecified atom stereocenters. The monoisotopic (exact) mass is 467 g/mol. The van der Waals surface area contributed by atoms with Crippen LogP contribution in [0.1, 0.15) is 24.1 Å². The lowest BCUT2D eigenvalue weighted by Gasteiger charge is -2.26. The SMILES string of the molecule is CCOc1cccc(C2/C(=C(\O)c3ccc(Cl)cc3)C(=O)C(=O)N2c2cccc(Cl)c2)c1. The molecule has 4 rings (SSSR count). The zero-order valence-electron chi connectivity index (χ0n) is 17.1. The number of anilines is 1. The highest BCUT2D eigenvalue weighted by atomic mass is 35.5. The maximum Gasteiger partial charge on any atom is 0.300 e. The summed E-state index contributed by atoms with van der Waals surface area (Å²) in [5.74, 6) is -1.23. The molecule has 0 radical (unpaired) electrons. The van der Waals surface area contributed by atoms with Gasteiger partial charge < -0.3 is 9.84 Å². The van der Waals surface area contributed by atoms with Crippen LogP contribution in [0.3, 0.4) is 0 Å². The second-order valence-electron chi connectivity index (χ2n) is 7.16. The Morgan fingerprint density at radius 1 is 0.969 bits per heavy atom. The Bertz CT molecular complexity index is 1220. The molecule has 32 heavy (non-hydrogen) atoms. The predicted molar refractivity (Wildman–Crippen MR) is 125 cm³/mol. The molecule has 1 heterocycles. The van der Waals surface area contributed by atoms with Gasteiger partial charge in [-0.25, -0.2) is 0 Å². The van der Waals surface area contributed by atoms with E-state index in [1.54, 1.807) is 72.8 Å². The summed E-state index contributed by atoms with van der Waals surface area (Å²) in [6, 6.07) is 19.3. The second kappa shape index (κ2) is 9.07. The van der Waals surface area contributed by atoms with E-state index in [0.717, 1.165) is 0 Å². The smallest absolute Gasteiger partial charge is 0.300 e. The van der Waals surface area contributed by atoms with Gasteiger partial charge in [0.15, 0.2) is 0 Å². The molecule has 1 amide bonds. The van der Waals surface area contributed by atoms with Crippen molar-refractivity contribution < 1.29 is 19.4 Å². The fourth-order valence-electron chi connectivity index (χ4n) is 3.74. The number of amides is 1. The molecule has 7 heteroatoms. The number of Topliss-reactive ketones (excluding diaryl/α,β-unsaturated/α-hetero) is 1. The van der Waals surface area contributed by atoms with E-state index in [9.17, 15) is 14.7 Å². The number of hydrogen-bond acceptors (Lipinski definition) is 4. The third-order valence-electron chi connectivity index (χ3n) is 5.13. The van der Waals surface area contributed by atoms with Crippen molar-refractivity contribution in [3.8, 4) is 5.75 Å². The number of rotatable bonds is 5. The average Bonchev–Trinajstić information content (AvgIpc) is 3.05. The molecule has 1 saturated heterocycles. The third-order valence-corrected chi connectivity index (χ3v) is 5.62. The van der Waals surface area contributed by atoms with Crippen molar-refractivity contribution in [2.45, 2.75) is 13.0 Å². The molecule has 1 aliphatic rings. The number of ether oxygens (including phenoxy) is 1. The fraction of sp³-hybridized carbons (Fsp3) is 0.120. The van der Waals surface area contributed by atoms with E-state index in [1.807, 2.05) is 6.92 Å². The summed E-state index contributed by atoms with van der Waals surface area (Å²) in [6.07, 6.45) is 0. The summed E-state index contributed by atoms with van der Waals surface area (Å²) in [4.78, 5) is 27.6. The molecule has 3 aromatic carbocycles. The van der Waals surface area contributed by atoms with Gasteiger partial charge in [0, 0.05) is 21.3 Å². The molecule has 1 atom stereocenters. The lowest BCUT2D eigenvalue weighted by atomic mass is 9.95. The summed E-state index contributed by atoms with van der Waals surface area (Å²) in [5.41, 5.74) is 1.42. The summed E-state index contributed by atoms with van der Waals surface area (Å²) in [6.45, 7) is 2.33. The number of aliphatic hydroxyl groups is 1. The first-order valence-corrected chi connectivity index (χ1v) is 10.7. The molecular weight excluding hydrogens is 449 g/mol. The molecule has 5 nitrogen and oxygen atoms in total. The fourth-order valence-corrected chi connectivity index (χ4v) is 4.06. The van der Waals surface area contributed by atoms with Crippen LogP contribution in [0, 0.1) is 0 Å². The zero-order valence-corrected chi connectivity index (χ0v) is 18.6. The summed E-state index contributed by atoms with van der Waals surface area (Å²) >= 11 is 12.1. The van der Waals surface area contributed by atoms with Gasteiger partial charge in [-0.1, -0.05) is 41.4 Å². The second-order valence-corrected chi connectivity index (χ2v) is 8.03. The van der Waals surface area contributed by atoms with Crippen molar-refractivity contribution in [1.29, 1.82) is 0 Å². The molecule has 162 valence electrons. The highest BCUT2D eigenvalue weighted by molar-refractivity contribution is 6.51. The summed E-state index contributed by atoms with van der Waals surface area (Å²) in [5, 5.41) is 12.0. The highest BCUT2D eigenvalue weighted by Gasteiger charge is 2.47. The van der Waals surface area contributed by atoms with Crippen molar-refractivity contribution in [2.75, 3.05) is 11.5 Å². The van der Waals surface area contributed by atoms with Crippen molar-refractivity contribution in [2.24, 2.45) is 0 Å². The van der Waals surface area contributed by atoms with Crippen LogP contribution < -0.4 is 9.64 Å². The van der Waals surface area contributed by atoms with Crippen molar-refractivity contribution in [3.63, 3.8) is 0 Å². The lowest BCUT2D eigenvalue weighted by molar-refractivity contribution is -0.132. The normalized spacial score (nSPS) is 17.6. The van der Waals surface area contributed by atoms with Gasteiger partial charge >= 0.3 is 0 Å². The van der Waals surface area contributed by atoms with Gasteiger partial charge in [0.05, 0.1) is 18.2 Å². The van der Waals surface area contributed by atoms with Crippen molar-refractivity contribution in [1.82, 2.24) is 0 Å². The molecule has 3 aromatic rings. The molecule has 0 aromatic heterocycles. The van der Waals surface area contributed by atoms with Gasteiger partial charge in [-0.15, -0.1) is 0 Å². The molecular formula is C25H19Cl2NO4. The molecule has 1 N–H and O–H groups in total. The summed E-state index contributed by atoms with van der Waals surface area (Å²) in [7, 11) is 0. The number of hydrogen-bond donors (Lipinski definition) is 1. The lowest BCUT2D eigenvalue weighted by Crippen LogP contribution is -2.29. The standard InChI is InChI=1S/C25H19Cl2NO4/c1-2-32-20-8-3-5-16(13-20)22-21(23(29)15-9-11-17(26)12-10-15)24(30)25(31)28(22)19-7-4-6-18(27)14-19/h3-14,22,29H,2H2,1H3/b23-21+. The van der Waals surface area contributed by atoms with Crippen molar-refractivity contribution in [3.05, 3.63) is 99.5 Å². The number of benzene rings is 3. The maximum absolute atomic E-state index is 13.2. The number of carbonyl (C=O) groups is 2. The molecule has 0 aliphatic carbocycles. The Morgan fingerprint density at radius 2 is 1.69 bits per heavy atom. The van der Waals surface area contributed by atoms with E-state index in [0.29, 0.717) is 39.2 Å². The molecule has 0 saturated carbocycles. The largest absolute Gasteiger partial charge is 0.507 e. The van der Waals surface area contributed by atoms with Gasteiger partial charge in [0.25, 0.3) is 11.7 Å². The van der Waals surface area contributed by atoms with Crippen LogP contribution in [0.25, 0.3) is 5.76 Å². The maximum atomic E-state index is 13.2. The molecule has 0 spiro atoms. The Labute approximate surface area is 195 Å². The number of ketones is 1. The van der Waals surface area contributed by atoms with E-state index >= 15 is 0 Å². The minimum Gasteiger partial charge on any atom is -0.507 e. The predicted octanol–water partition coefficient (Wildman–Crippen LogP) is 6.02. The van der Waals surface area contributed by atoms with Crippen LogP contribution >= 0.6 is 23.2 Å². The van der Waals surface area contributed by atoms with Gasteiger partial charge in [0.2, 0.25) is 0 Å². The first kappa shape index (κ1) is 21.9. The first-order valence-electron chi connectivity index (χ1n) is 9.96. The van der Waals surface area contributed by atoms with E-state index in [-0.39, 0.29) is 11.3 Å². The van der Waals surface area contributed by atoms with E-state index in [4.69, 9.17) is 27.9 Å². The average molecular weight is 468 g/mol. The zero-order chi connectivity index (χ0) is 22.8. The number of halogens is 2. The molecule has 1 aliphatic heterocycles. The summed E-state index contributed by atoms with van der Waals surface area (Å²) < 4.78 is 5.61. The van der Waals surface area contributed by atoms with Crippen LogP contribution in [-0.4, -0.2) is 23.4 Å². The van der Waals surface area contributed by atoms with Gasteiger partial charge in [-0.2, -0.15) is 0 Å². The topological polar surface area (TPSA) is 66.8 Å². The van der Waals surface area contributed by atoms with E-state index in [1.165, 1.54) is 4.90 Å². The van der Waals surface area contributed by atoms with Gasteiger partial charge in [0.1, 0.15) is 11.5 Å². The minimum atomic E-state index is -0.871. The Kier molecular flexibility index (Phi) is 6.21. The van der Waals surface area contributed by atoms with Crippen LogP contribution in [0.4, 0.5) is 5.69 Å². The van der Waals surface area contributed by atoms with Crippen LogP contribution in [0.5, 0.6) is 5.75 Å². The van der Waals surface area contributed by atoms with Crippen molar-refractivity contribution >= 4 is 46.3 Å². The van der Waals surface area contributed by atoms with E-state index < -0.39 is 17.7 Å². The quantitative estimate of drug-likeness (QED) is 0.283. The van der Waals surface area contributed by atoms with Gasteiger partial charge in [-0.3, -0.25) is 14.5 Å². The highest BCUT2D eigenvalue weighted by Crippen LogP contribution is 2.43. The molecule has 1 fully saturated rings. The Hall–Kier alpha value is -3.28. The van der Waals surface area contributed by atoms with E-state index in [2.05, 4.69) is 0 Å². The Balaban J connectivity index is 1.94. The number of nitrogens with zero attached hydrogens (tertiary/aromatic N) is 1. The van der Waals surface area contributed by atoms with Gasteiger partial charge in [-0.05, 0) is 67.1 Å². The number of carbonyl (C=O) groups excluding carboxylic acids is 2. The number of aliphatic hydroxyl groups excluding tert-OH is 1. The first-order chi connectivity index (χ1) is 15.4. The van der Waals surface area contributed by atoms with Crippen LogP contribution in [0.15, 0.2) is 78.4 Å². The van der Waals surface area contributed by atoms with Crippen LogP contribution in [0.2, 0.25) is 10.0 Å². The van der Waals surface area contributed by atoms with Crippen LogP contribution in [-0.2, 0) is 9.59 Å².